The van der Waals surface area contributed by atoms with Crippen molar-refractivity contribution in [2.45, 2.75) is 34.3 Å². The summed E-state index contributed by atoms with van der Waals surface area (Å²) in [5.74, 6) is 0.510. The minimum absolute atomic E-state index is 0.144. The van der Waals surface area contributed by atoms with Crippen molar-refractivity contribution in [3.63, 3.8) is 0 Å². The van der Waals surface area contributed by atoms with Crippen molar-refractivity contribution in [1.29, 1.82) is 0 Å². The Morgan fingerprint density at radius 1 is 1.12 bits per heavy atom. The van der Waals surface area contributed by atoms with Crippen molar-refractivity contribution in [2.24, 2.45) is 0 Å². The van der Waals surface area contributed by atoms with Gasteiger partial charge in [0, 0.05) is 16.6 Å². The number of aromatic nitrogens is 1. The molecule has 1 amide bonds. The highest BCUT2D eigenvalue weighted by molar-refractivity contribution is 7.09. The van der Waals surface area contributed by atoms with Gasteiger partial charge in [0.2, 0.25) is 0 Å². The number of carbonyl (C=O) groups excluding carboxylic acids is 1. The van der Waals surface area contributed by atoms with Crippen LogP contribution >= 0.6 is 11.3 Å². The first-order chi connectivity index (χ1) is 12.4. The monoisotopic (exact) mass is 366 g/mol. The summed E-state index contributed by atoms with van der Waals surface area (Å²) in [6.45, 7) is 8.42. The highest BCUT2D eigenvalue weighted by Gasteiger charge is 2.11. The Hall–Kier alpha value is -2.66. The molecule has 3 rings (SSSR count). The maximum atomic E-state index is 12.7. The van der Waals surface area contributed by atoms with E-state index in [0.717, 1.165) is 27.5 Å². The summed E-state index contributed by atoms with van der Waals surface area (Å²) in [5, 5.41) is 6.02. The predicted molar refractivity (Wildman–Crippen MR) is 106 cm³/mol. The summed E-state index contributed by atoms with van der Waals surface area (Å²) in [4.78, 5) is 17.0. The third-order valence-electron chi connectivity index (χ3n) is 4.07. The highest BCUT2D eigenvalue weighted by Crippen LogP contribution is 2.23. The largest absolute Gasteiger partial charge is 0.487 e. The van der Waals surface area contributed by atoms with Gasteiger partial charge in [0.15, 0.2) is 0 Å². The van der Waals surface area contributed by atoms with Crippen molar-refractivity contribution < 1.29 is 9.53 Å². The first-order valence-corrected chi connectivity index (χ1v) is 9.33. The van der Waals surface area contributed by atoms with Gasteiger partial charge >= 0.3 is 0 Å². The van der Waals surface area contributed by atoms with Crippen molar-refractivity contribution in [3.05, 3.63) is 74.7 Å². The second kappa shape index (κ2) is 7.70. The molecular formula is C21H22N2O2S. The molecule has 0 bridgehead atoms. The van der Waals surface area contributed by atoms with Gasteiger partial charge in [0.05, 0.1) is 10.7 Å². The lowest BCUT2D eigenvalue weighted by molar-refractivity contribution is 0.102. The fourth-order valence-corrected chi connectivity index (χ4v) is 3.52. The number of carbonyl (C=O) groups is 1. The molecule has 0 saturated carbocycles. The lowest BCUT2D eigenvalue weighted by Crippen LogP contribution is -2.14. The van der Waals surface area contributed by atoms with E-state index in [4.69, 9.17) is 4.74 Å². The molecule has 0 atom stereocenters. The van der Waals surface area contributed by atoms with Gasteiger partial charge in [0.25, 0.3) is 5.91 Å². The second-order valence-electron chi connectivity index (χ2n) is 6.40. The Morgan fingerprint density at radius 3 is 2.50 bits per heavy atom. The van der Waals surface area contributed by atoms with Crippen LogP contribution in [0.3, 0.4) is 0 Å². The third kappa shape index (κ3) is 4.29. The summed E-state index contributed by atoms with van der Waals surface area (Å²) in [6, 6.07) is 11.3. The third-order valence-corrected chi connectivity index (χ3v) is 4.89. The molecule has 1 aromatic heterocycles. The van der Waals surface area contributed by atoms with E-state index in [2.05, 4.69) is 29.4 Å². The fourth-order valence-electron chi connectivity index (χ4n) is 2.92. The highest BCUT2D eigenvalue weighted by atomic mass is 32.1. The van der Waals surface area contributed by atoms with Crippen LogP contribution in [0, 0.1) is 27.7 Å². The number of anilines is 1. The van der Waals surface area contributed by atoms with Crippen LogP contribution in [0.2, 0.25) is 0 Å². The summed E-state index contributed by atoms with van der Waals surface area (Å²) >= 11 is 1.60. The Balaban J connectivity index is 1.72. The van der Waals surface area contributed by atoms with E-state index in [1.807, 2.05) is 38.3 Å². The predicted octanol–water partition coefficient (Wildman–Crippen LogP) is 5.21. The molecule has 0 spiro atoms. The number of hydrogen-bond acceptors (Lipinski definition) is 4. The quantitative estimate of drug-likeness (QED) is 0.674. The van der Waals surface area contributed by atoms with Gasteiger partial charge in [-0.3, -0.25) is 4.79 Å². The molecule has 1 N–H and O–H groups in total. The molecule has 0 aliphatic carbocycles. The van der Waals surface area contributed by atoms with Gasteiger partial charge in [-0.1, -0.05) is 23.8 Å². The maximum Gasteiger partial charge on any atom is 0.255 e. The average Bonchev–Trinajstić information content (AvgIpc) is 3.02. The number of nitrogens with one attached hydrogen (secondary N) is 1. The lowest BCUT2D eigenvalue weighted by atomic mass is 10.0. The molecule has 4 nitrogen and oxygen atoms in total. The van der Waals surface area contributed by atoms with Crippen LogP contribution in [0.25, 0.3) is 0 Å². The molecule has 0 saturated heterocycles. The maximum absolute atomic E-state index is 12.7. The van der Waals surface area contributed by atoms with E-state index in [9.17, 15) is 4.79 Å². The van der Waals surface area contributed by atoms with Crippen LogP contribution in [0.4, 0.5) is 5.69 Å². The number of benzene rings is 2. The number of thiazole rings is 1. The Kier molecular flexibility index (Phi) is 5.38. The van der Waals surface area contributed by atoms with Crippen molar-refractivity contribution in [2.75, 3.05) is 5.32 Å². The fraction of sp³-hybridized carbons (Fsp3) is 0.238. The zero-order chi connectivity index (χ0) is 18.7. The smallest absolute Gasteiger partial charge is 0.255 e. The van der Waals surface area contributed by atoms with Crippen molar-refractivity contribution in [1.82, 2.24) is 4.98 Å². The molecule has 0 fully saturated rings. The van der Waals surface area contributed by atoms with Crippen molar-refractivity contribution in [3.8, 4) is 5.75 Å². The zero-order valence-corrected chi connectivity index (χ0v) is 16.2. The Bertz CT molecular complexity index is 924. The van der Waals surface area contributed by atoms with Gasteiger partial charge in [-0.05, 0) is 57.0 Å². The van der Waals surface area contributed by atoms with Crippen molar-refractivity contribution >= 4 is 22.9 Å². The lowest BCUT2D eigenvalue weighted by Gasteiger charge is -2.13. The normalized spacial score (nSPS) is 10.6. The van der Waals surface area contributed by atoms with Gasteiger partial charge in [0.1, 0.15) is 12.4 Å². The van der Waals surface area contributed by atoms with E-state index in [1.54, 1.807) is 23.5 Å². The van der Waals surface area contributed by atoms with Gasteiger partial charge in [-0.15, -0.1) is 11.3 Å². The number of hydrogen-bond donors (Lipinski definition) is 1. The standard InChI is InChI=1S/C21H22N2O2S/c1-13-8-14(2)20(15(3)9-13)23-21(24)17-6-5-7-19(10-17)25-11-18-12-26-16(4)22-18/h5-10,12H,11H2,1-4H3,(H,23,24). The first-order valence-electron chi connectivity index (χ1n) is 8.45. The molecular weight excluding hydrogens is 344 g/mol. The number of rotatable bonds is 5. The Labute approximate surface area is 157 Å². The molecule has 0 radical (unpaired) electrons. The van der Waals surface area contributed by atoms with E-state index in [-0.39, 0.29) is 5.91 Å². The summed E-state index contributed by atoms with van der Waals surface area (Å²) in [6.07, 6.45) is 0. The number of amides is 1. The van der Waals surface area contributed by atoms with E-state index in [1.165, 1.54) is 5.56 Å². The molecule has 0 aliphatic heterocycles. The summed E-state index contributed by atoms with van der Waals surface area (Å²) < 4.78 is 5.77. The molecule has 26 heavy (non-hydrogen) atoms. The molecule has 0 unspecified atom stereocenters. The van der Waals surface area contributed by atoms with Gasteiger partial charge in [-0.25, -0.2) is 4.98 Å². The van der Waals surface area contributed by atoms with Crippen LogP contribution in [0.15, 0.2) is 41.8 Å². The topological polar surface area (TPSA) is 51.2 Å². The van der Waals surface area contributed by atoms with E-state index in [0.29, 0.717) is 17.9 Å². The van der Waals surface area contributed by atoms with Crippen LogP contribution in [0.1, 0.15) is 37.7 Å². The van der Waals surface area contributed by atoms with Crippen LogP contribution in [-0.4, -0.2) is 10.9 Å². The van der Waals surface area contributed by atoms with Gasteiger partial charge in [-0.2, -0.15) is 0 Å². The van der Waals surface area contributed by atoms with E-state index >= 15 is 0 Å². The first kappa shape index (κ1) is 18.1. The van der Waals surface area contributed by atoms with Crippen LogP contribution < -0.4 is 10.1 Å². The average molecular weight is 366 g/mol. The molecule has 2 aromatic carbocycles. The Morgan fingerprint density at radius 2 is 1.85 bits per heavy atom. The summed E-state index contributed by atoms with van der Waals surface area (Å²) in [5.41, 5.74) is 5.63. The summed E-state index contributed by atoms with van der Waals surface area (Å²) in [7, 11) is 0. The molecule has 5 heteroatoms. The molecule has 1 heterocycles. The van der Waals surface area contributed by atoms with E-state index < -0.39 is 0 Å². The number of nitrogens with zero attached hydrogens (tertiary/aromatic N) is 1. The second-order valence-corrected chi connectivity index (χ2v) is 7.46. The SMILES string of the molecule is Cc1cc(C)c(NC(=O)c2cccc(OCc3csc(C)n3)c2)c(C)c1. The van der Waals surface area contributed by atoms with Crippen LogP contribution in [0.5, 0.6) is 5.75 Å². The molecule has 0 aliphatic rings. The zero-order valence-electron chi connectivity index (χ0n) is 15.4. The minimum atomic E-state index is -0.144. The minimum Gasteiger partial charge on any atom is -0.487 e. The number of aryl methyl sites for hydroxylation is 4. The molecule has 134 valence electrons. The van der Waals surface area contributed by atoms with Gasteiger partial charge < -0.3 is 10.1 Å². The number of ether oxygens (including phenoxy) is 1. The molecule has 3 aromatic rings. The van der Waals surface area contributed by atoms with Crippen LogP contribution in [-0.2, 0) is 6.61 Å².